The number of hydrogen-bond acceptors (Lipinski definition) is 5. The van der Waals surface area contributed by atoms with Crippen molar-refractivity contribution in [1.29, 1.82) is 0 Å². The van der Waals surface area contributed by atoms with Gasteiger partial charge in [-0.1, -0.05) is 17.7 Å². The standard InChI is InChI=1S/C17H17ClN4O3/c18-12-4-5-14(19-10-12)21-16(23)11-6-8-22(9-7-11)15-3-1-2-13(20-15)17(24)25/h1-5,10-11H,6-9H2,(H,24,25)(H,19,21,23). The van der Waals surface area contributed by atoms with Crippen LogP contribution in [0.25, 0.3) is 0 Å². The van der Waals surface area contributed by atoms with E-state index in [1.165, 1.54) is 12.3 Å². The number of piperidine rings is 1. The number of carboxylic acid groups (broad SMARTS) is 1. The minimum Gasteiger partial charge on any atom is -0.477 e. The molecule has 1 amide bonds. The highest BCUT2D eigenvalue weighted by molar-refractivity contribution is 6.30. The average Bonchev–Trinajstić information content (AvgIpc) is 2.64. The van der Waals surface area contributed by atoms with Crippen LogP contribution in [-0.4, -0.2) is 40.0 Å². The van der Waals surface area contributed by atoms with Crippen molar-refractivity contribution in [2.45, 2.75) is 12.8 Å². The lowest BCUT2D eigenvalue weighted by atomic mass is 9.96. The van der Waals surface area contributed by atoms with Gasteiger partial charge in [0, 0.05) is 25.2 Å². The maximum atomic E-state index is 12.3. The lowest BCUT2D eigenvalue weighted by Crippen LogP contribution is -2.38. The first-order valence-corrected chi connectivity index (χ1v) is 8.28. The number of nitrogens with zero attached hydrogens (tertiary/aromatic N) is 3. The predicted molar refractivity (Wildman–Crippen MR) is 94.0 cm³/mol. The molecule has 1 fully saturated rings. The zero-order valence-electron chi connectivity index (χ0n) is 13.4. The fourth-order valence-corrected chi connectivity index (χ4v) is 2.88. The van der Waals surface area contributed by atoms with E-state index in [0.717, 1.165) is 0 Å². The molecule has 0 aliphatic carbocycles. The molecule has 0 radical (unpaired) electrons. The molecule has 1 saturated heterocycles. The molecule has 1 aliphatic heterocycles. The zero-order chi connectivity index (χ0) is 17.8. The zero-order valence-corrected chi connectivity index (χ0v) is 14.1. The smallest absolute Gasteiger partial charge is 0.354 e. The summed E-state index contributed by atoms with van der Waals surface area (Å²) >= 11 is 5.78. The maximum absolute atomic E-state index is 12.3. The highest BCUT2D eigenvalue weighted by Crippen LogP contribution is 2.23. The van der Waals surface area contributed by atoms with Gasteiger partial charge in [-0.05, 0) is 37.1 Å². The first-order valence-electron chi connectivity index (χ1n) is 7.90. The molecule has 2 N–H and O–H groups in total. The van der Waals surface area contributed by atoms with Crippen molar-refractivity contribution in [2.24, 2.45) is 5.92 Å². The molecule has 0 unspecified atom stereocenters. The largest absolute Gasteiger partial charge is 0.477 e. The van der Waals surface area contributed by atoms with Gasteiger partial charge in [0.2, 0.25) is 5.91 Å². The van der Waals surface area contributed by atoms with Crippen LogP contribution < -0.4 is 10.2 Å². The van der Waals surface area contributed by atoms with Crippen LogP contribution in [0.5, 0.6) is 0 Å². The van der Waals surface area contributed by atoms with Gasteiger partial charge in [-0.25, -0.2) is 14.8 Å². The molecule has 0 atom stereocenters. The van der Waals surface area contributed by atoms with E-state index in [9.17, 15) is 9.59 Å². The molecule has 25 heavy (non-hydrogen) atoms. The van der Waals surface area contributed by atoms with E-state index in [2.05, 4.69) is 15.3 Å². The van der Waals surface area contributed by atoms with Crippen molar-refractivity contribution in [2.75, 3.05) is 23.3 Å². The van der Waals surface area contributed by atoms with Crippen molar-refractivity contribution in [1.82, 2.24) is 9.97 Å². The number of rotatable bonds is 4. The van der Waals surface area contributed by atoms with Crippen molar-refractivity contribution >= 4 is 35.1 Å². The van der Waals surface area contributed by atoms with Gasteiger partial charge in [-0.15, -0.1) is 0 Å². The van der Waals surface area contributed by atoms with Crippen LogP contribution in [0.2, 0.25) is 5.02 Å². The van der Waals surface area contributed by atoms with E-state index < -0.39 is 5.97 Å². The average molecular weight is 361 g/mol. The van der Waals surface area contributed by atoms with Crippen LogP contribution in [0.1, 0.15) is 23.3 Å². The lowest BCUT2D eigenvalue weighted by molar-refractivity contribution is -0.120. The molecule has 130 valence electrons. The van der Waals surface area contributed by atoms with Crippen LogP contribution in [0.15, 0.2) is 36.5 Å². The summed E-state index contributed by atoms with van der Waals surface area (Å²) < 4.78 is 0. The van der Waals surface area contributed by atoms with Gasteiger partial charge in [0.1, 0.15) is 11.6 Å². The van der Waals surface area contributed by atoms with E-state index in [0.29, 0.717) is 42.6 Å². The highest BCUT2D eigenvalue weighted by Gasteiger charge is 2.26. The van der Waals surface area contributed by atoms with E-state index in [1.54, 1.807) is 24.3 Å². The highest BCUT2D eigenvalue weighted by atomic mass is 35.5. The van der Waals surface area contributed by atoms with E-state index in [-0.39, 0.29) is 17.5 Å². The quantitative estimate of drug-likeness (QED) is 0.870. The number of aromatic nitrogens is 2. The maximum Gasteiger partial charge on any atom is 0.354 e. The summed E-state index contributed by atoms with van der Waals surface area (Å²) in [6.07, 6.45) is 2.82. The Kier molecular flexibility index (Phi) is 5.14. The van der Waals surface area contributed by atoms with Crippen LogP contribution in [0.4, 0.5) is 11.6 Å². The van der Waals surface area contributed by atoms with E-state index >= 15 is 0 Å². The number of carbonyl (C=O) groups excluding carboxylic acids is 1. The van der Waals surface area contributed by atoms with E-state index in [1.807, 2.05) is 4.90 Å². The number of nitrogens with one attached hydrogen (secondary N) is 1. The third-order valence-electron chi connectivity index (χ3n) is 4.12. The second-order valence-electron chi connectivity index (χ2n) is 5.80. The Balaban J connectivity index is 1.58. The summed E-state index contributed by atoms with van der Waals surface area (Å²) in [7, 11) is 0. The first-order chi connectivity index (χ1) is 12.0. The second kappa shape index (κ2) is 7.48. The van der Waals surface area contributed by atoms with Gasteiger partial charge >= 0.3 is 5.97 Å². The molecule has 3 rings (SSSR count). The molecule has 2 aromatic rings. The molecule has 0 spiro atoms. The Labute approximate surface area is 149 Å². The summed E-state index contributed by atoms with van der Waals surface area (Å²) in [6.45, 7) is 1.28. The summed E-state index contributed by atoms with van der Waals surface area (Å²) in [5.74, 6) is -0.129. The van der Waals surface area contributed by atoms with Crippen molar-refractivity contribution in [3.05, 3.63) is 47.2 Å². The summed E-state index contributed by atoms with van der Waals surface area (Å²) in [4.78, 5) is 33.6. The molecular weight excluding hydrogens is 344 g/mol. The number of aromatic carboxylic acids is 1. The Hall–Kier alpha value is -2.67. The fraction of sp³-hybridized carbons (Fsp3) is 0.294. The Bertz CT molecular complexity index is 774. The monoisotopic (exact) mass is 360 g/mol. The normalized spacial score (nSPS) is 15.0. The molecule has 1 aliphatic rings. The minimum atomic E-state index is -1.05. The van der Waals surface area contributed by atoms with Gasteiger partial charge in [0.15, 0.2) is 5.69 Å². The Morgan fingerprint density at radius 2 is 1.96 bits per heavy atom. The molecule has 8 heteroatoms. The summed E-state index contributed by atoms with van der Waals surface area (Å²) in [5.41, 5.74) is 0.0196. The minimum absolute atomic E-state index is 0.0196. The van der Waals surface area contributed by atoms with Gasteiger partial charge < -0.3 is 15.3 Å². The summed E-state index contributed by atoms with van der Waals surface area (Å²) in [5, 5.41) is 12.3. The molecule has 0 bridgehead atoms. The van der Waals surface area contributed by atoms with Gasteiger partial charge in [-0.3, -0.25) is 4.79 Å². The third kappa shape index (κ3) is 4.24. The number of anilines is 2. The van der Waals surface area contributed by atoms with Crippen LogP contribution in [0, 0.1) is 5.92 Å². The molecule has 7 nitrogen and oxygen atoms in total. The van der Waals surface area contributed by atoms with Crippen LogP contribution in [0.3, 0.4) is 0 Å². The van der Waals surface area contributed by atoms with Gasteiger partial charge in [-0.2, -0.15) is 0 Å². The number of carbonyl (C=O) groups is 2. The van der Waals surface area contributed by atoms with Gasteiger partial charge in [0.25, 0.3) is 0 Å². The molecule has 0 saturated carbocycles. The number of amides is 1. The van der Waals surface area contributed by atoms with Crippen molar-refractivity contribution in [3.63, 3.8) is 0 Å². The van der Waals surface area contributed by atoms with Crippen LogP contribution in [-0.2, 0) is 4.79 Å². The molecule has 2 aromatic heterocycles. The van der Waals surface area contributed by atoms with E-state index in [4.69, 9.17) is 16.7 Å². The van der Waals surface area contributed by atoms with Crippen molar-refractivity contribution < 1.29 is 14.7 Å². The molecule has 0 aromatic carbocycles. The SMILES string of the molecule is O=C(O)c1cccc(N2CCC(C(=O)Nc3ccc(Cl)cn3)CC2)n1. The lowest BCUT2D eigenvalue weighted by Gasteiger charge is -2.32. The number of hydrogen-bond donors (Lipinski definition) is 2. The fourth-order valence-electron chi connectivity index (χ4n) is 2.77. The van der Waals surface area contributed by atoms with Crippen molar-refractivity contribution in [3.8, 4) is 0 Å². The Morgan fingerprint density at radius 3 is 2.60 bits per heavy atom. The topological polar surface area (TPSA) is 95.4 Å². The second-order valence-corrected chi connectivity index (χ2v) is 6.23. The Morgan fingerprint density at radius 1 is 1.20 bits per heavy atom. The first kappa shape index (κ1) is 17.2. The summed E-state index contributed by atoms with van der Waals surface area (Å²) in [6, 6.07) is 8.26. The third-order valence-corrected chi connectivity index (χ3v) is 4.35. The van der Waals surface area contributed by atoms with Gasteiger partial charge in [0.05, 0.1) is 5.02 Å². The van der Waals surface area contributed by atoms with Crippen LogP contribution >= 0.6 is 11.6 Å². The number of carboxylic acids is 1. The predicted octanol–water partition coefficient (Wildman–Crippen LogP) is 2.68. The number of halogens is 1. The number of pyridine rings is 2. The molecular formula is C17H17ClN4O3. The molecule has 3 heterocycles.